The summed E-state index contributed by atoms with van der Waals surface area (Å²) in [5, 5.41) is 15.4. The number of aromatic hydroxyl groups is 1. The molecule has 0 saturated carbocycles. The van der Waals surface area contributed by atoms with Crippen LogP contribution < -0.4 is 10.6 Å². The van der Waals surface area contributed by atoms with E-state index in [0.717, 1.165) is 12.0 Å². The van der Waals surface area contributed by atoms with Crippen molar-refractivity contribution < 1.29 is 24.2 Å². The Bertz CT molecular complexity index is 1000. The molecule has 0 saturated heterocycles. The Hall–Kier alpha value is -3.55. The van der Waals surface area contributed by atoms with E-state index in [2.05, 4.69) is 10.6 Å². The van der Waals surface area contributed by atoms with Crippen LogP contribution in [0.1, 0.15) is 63.3 Å². The molecule has 8 nitrogen and oxygen atoms in total. The van der Waals surface area contributed by atoms with Crippen molar-refractivity contribution in [3.05, 3.63) is 65.2 Å². The van der Waals surface area contributed by atoms with Crippen molar-refractivity contribution in [2.24, 2.45) is 0 Å². The number of benzene rings is 2. The van der Waals surface area contributed by atoms with Crippen molar-refractivity contribution in [3.8, 4) is 5.75 Å². The van der Waals surface area contributed by atoms with Crippen molar-refractivity contribution in [3.63, 3.8) is 0 Å². The fourth-order valence-corrected chi connectivity index (χ4v) is 3.49. The number of amides is 3. The average molecular weight is 484 g/mol. The number of carbonyl (C=O) groups excluding carboxylic acids is 3. The first-order valence-corrected chi connectivity index (χ1v) is 11.9. The van der Waals surface area contributed by atoms with Gasteiger partial charge in [-0.25, -0.2) is 4.79 Å². The summed E-state index contributed by atoms with van der Waals surface area (Å²) in [6.07, 6.45) is 0.792. The summed E-state index contributed by atoms with van der Waals surface area (Å²) in [4.78, 5) is 40.3. The van der Waals surface area contributed by atoms with E-state index in [9.17, 15) is 19.5 Å². The number of phenolic OH excluding ortho intramolecular Hbond substituents is 1. The lowest BCUT2D eigenvalue weighted by molar-refractivity contribution is -0.140. The molecular formula is C27H37N3O5. The highest BCUT2D eigenvalue weighted by molar-refractivity contribution is 5.90. The average Bonchev–Trinajstić information content (AvgIpc) is 2.80. The van der Waals surface area contributed by atoms with Crippen molar-refractivity contribution in [2.45, 2.75) is 65.6 Å². The molecule has 0 heterocycles. The highest BCUT2D eigenvalue weighted by Crippen LogP contribution is 2.27. The predicted octanol–water partition coefficient (Wildman–Crippen LogP) is 4.21. The van der Waals surface area contributed by atoms with Crippen LogP contribution in [0.4, 0.5) is 4.79 Å². The van der Waals surface area contributed by atoms with Crippen LogP contribution >= 0.6 is 0 Å². The summed E-state index contributed by atoms with van der Waals surface area (Å²) >= 11 is 0. The first kappa shape index (κ1) is 27.7. The molecule has 35 heavy (non-hydrogen) atoms. The monoisotopic (exact) mass is 483 g/mol. The van der Waals surface area contributed by atoms with Crippen molar-refractivity contribution >= 4 is 17.9 Å². The molecular weight excluding hydrogens is 446 g/mol. The van der Waals surface area contributed by atoms with E-state index in [4.69, 9.17) is 4.74 Å². The van der Waals surface area contributed by atoms with E-state index in [0.29, 0.717) is 30.6 Å². The Kier molecular flexibility index (Phi) is 10.1. The third kappa shape index (κ3) is 8.96. The minimum atomic E-state index is -0.933. The summed E-state index contributed by atoms with van der Waals surface area (Å²) in [6.45, 7) is 9.27. The van der Waals surface area contributed by atoms with Gasteiger partial charge < -0.3 is 25.4 Å². The second-order valence-electron chi connectivity index (χ2n) is 9.45. The summed E-state index contributed by atoms with van der Waals surface area (Å²) in [7, 11) is 0. The number of hydrogen-bond donors (Lipinski definition) is 3. The van der Waals surface area contributed by atoms with Crippen LogP contribution in [0, 0.1) is 6.92 Å². The SMILES string of the molecule is CCCCN(C(=O)CNC(=O)OC(C)(C)C)C(C(=O)NCc1ccccc1)c1ccc(O)c(C)c1. The summed E-state index contributed by atoms with van der Waals surface area (Å²) in [5.74, 6) is -0.647. The van der Waals surface area contributed by atoms with Crippen molar-refractivity contribution in [2.75, 3.05) is 13.1 Å². The van der Waals surface area contributed by atoms with Gasteiger partial charge in [-0.1, -0.05) is 49.7 Å². The zero-order chi connectivity index (χ0) is 26.0. The molecule has 0 fully saturated rings. The molecule has 0 radical (unpaired) electrons. The first-order chi connectivity index (χ1) is 16.5. The highest BCUT2D eigenvalue weighted by Gasteiger charge is 2.31. The van der Waals surface area contributed by atoms with Gasteiger partial charge in [-0.15, -0.1) is 0 Å². The van der Waals surface area contributed by atoms with Crippen molar-refractivity contribution in [1.82, 2.24) is 15.5 Å². The van der Waals surface area contributed by atoms with Gasteiger partial charge in [0.2, 0.25) is 11.8 Å². The number of unbranched alkanes of at least 4 members (excludes halogenated alkanes) is 1. The van der Waals surface area contributed by atoms with Gasteiger partial charge in [0.15, 0.2) is 0 Å². The second kappa shape index (κ2) is 12.8. The van der Waals surface area contributed by atoms with Gasteiger partial charge in [0.05, 0.1) is 0 Å². The second-order valence-corrected chi connectivity index (χ2v) is 9.45. The summed E-state index contributed by atoms with van der Waals surface area (Å²) < 4.78 is 5.23. The molecule has 1 atom stereocenters. The lowest BCUT2D eigenvalue weighted by Crippen LogP contribution is -2.48. The number of nitrogens with zero attached hydrogens (tertiary/aromatic N) is 1. The fraction of sp³-hybridized carbons (Fsp3) is 0.444. The molecule has 190 valence electrons. The van der Waals surface area contributed by atoms with E-state index in [-0.39, 0.29) is 18.2 Å². The van der Waals surface area contributed by atoms with Gasteiger partial charge in [0, 0.05) is 13.1 Å². The molecule has 8 heteroatoms. The largest absolute Gasteiger partial charge is 0.508 e. The molecule has 0 aromatic heterocycles. The maximum atomic E-state index is 13.5. The smallest absolute Gasteiger partial charge is 0.408 e. The minimum Gasteiger partial charge on any atom is -0.508 e. The lowest BCUT2D eigenvalue weighted by atomic mass is 10.0. The van der Waals surface area contributed by atoms with E-state index in [1.807, 2.05) is 37.3 Å². The zero-order valence-electron chi connectivity index (χ0n) is 21.3. The number of nitrogens with one attached hydrogen (secondary N) is 2. The third-order valence-corrected chi connectivity index (χ3v) is 5.26. The zero-order valence-corrected chi connectivity index (χ0v) is 21.3. The van der Waals surface area contributed by atoms with Crippen LogP contribution in [0.25, 0.3) is 0 Å². The molecule has 0 spiro atoms. The first-order valence-electron chi connectivity index (χ1n) is 11.9. The molecule has 0 aliphatic rings. The number of hydrogen-bond acceptors (Lipinski definition) is 5. The van der Waals surface area contributed by atoms with Gasteiger partial charge in [-0.2, -0.15) is 0 Å². The Morgan fingerprint density at radius 2 is 1.74 bits per heavy atom. The van der Waals surface area contributed by atoms with Crippen LogP contribution in [0.5, 0.6) is 5.75 Å². The third-order valence-electron chi connectivity index (χ3n) is 5.26. The molecule has 0 aliphatic heterocycles. The van der Waals surface area contributed by atoms with Crippen molar-refractivity contribution in [1.29, 1.82) is 0 Å². The number of rotatable bonds is 10. The number of aryl methyl sites for hydroxylation is 1. The Morgan fingerprint density at radius 3 is 2.34 bits per heavy atom. The normalized spacial score (nSPS) is 11.9. The van der Waals surface area contributed by atoms with Gasteiger partial charge in [-0.05, 0) is 62.9 Å². The Balaban J connectivity index is 2.31. The summed E-state index contributed by atoms with van der Waals surface area (Å²) in [5.41, 5.74) is 1.41. The lowest BCUT2D eigenvalue weighted by Gasteiger charge is -2.32. The topological polar surface area (TPSA) is 108 Å². The molecule has 0 bridgehead atoms. The molecule has 3 N–H and O–H groups in total. The summed E-state index contributed by atoms with van der Waals surface area (Å²) in [6, 6.07) is 13.4. The maximum Gasteiger partial charge on any atom is 0.408 e. The van der Waals surface area contributed by atoms with E-state index in [1.165, 1.54) is 11.0 Å². The maximum absolute atomic E-state index is 13.5. The number of alkyl carbamates (subject to hydrolysis) is 1. The predicted molar refractivity (Wildman–Crippen MR) is 135 cm³/mol. The van der Waals surface area contributed by atoms with Crippen LogP contribution in [-0.2, 0) is 20.9 Å². The van der Waals surface area contributed by atoms with Gasteiger partial charge in [0.25, 0.3) is 0 Å². The minimum absolute atomic E-state index is 0.107. The standard InChI is InChI=1S/C27H37N3O5/c1-6-7-15-30(23(32)18-29-26(34)35-27(3,4)5)24(21-13-14-22(31)19(2)16-21)25(33)28-17-20-11-9-8-10-12-20/h8-14,16,24,31H,6-7,15,17-18H2,1-5H3,(H,28,33)(H,29,34). The number of ether oxygens (including phenoxy) is 1. The van der Waals surface area contributed by atoms with Crippen LogP contribution in [0.3, 0.4) is 0 Å². The molecule has 1 unspecified atom stereocenters. The van der Waals surface area contributed by atoms with Gasteiger partial charge in [-0.3, -0.25) is 9.59 Å². The van der Waals surface area contributed by atoms with Crippen LogP contribution in [0.15, 0.2) is 48.5 Å². The van der Waals surface area contributed by atoms with Crippen LogP contribution in [-0.4, -0.2) is 46.6 Å². The quantitative estimate of drug-likeness (QED) is 0.469. The van der Waals surface area contributed by atoms with Gasteiger partial charge in [0.1, 0.15) is 23.9 Å². The molecule has 2 aromatic rings. The Labute approximate surface area is 207 Å². The number of carbonyl (C=O) groups is 3. The molecule has 3 amide bonds. The molecule has 2 rings (SSSR count). The van der Waals surface area contributed by atoms with E-state index >= 15 is 0 Å². The highest BCUT2D eigenvalue weighted by atomic mass is 16.6. The van der Waals surface area contributed by atoms with E-state index in [1.54, 1.807) is 39.8 Å². The Morgan fingerprint density at radius 1 is 1.06 bits per heavy atom. The number of phenols is 1. The van der Waals surface area contributed by atoms with Gasteiger partial charge >= 0.3 is 6.09 Å². The molecule has 0 aliphatic carbocycles. The fourth-order valence-electron chi connectivity index (χ4n) is 3.49. The van der Waals surface area contributed by atoms with Crippen LogP contribution in [0.2, 0.25) is 0 Å². The molecule has 2 aromatic carbocycles. The van der Waals surface area contributed by atoms with E-state index < -0.39 is 23.6 Å².